The van der Waals surface area contributed by atoms with Crippen molar-refractivity contribution >= 4 is 11.3 Å². The van der Waals surface area contributed by atoms with Crippen molar-refractivity contribution in [3.05, 3.63) is 16.1 Å². The van der Waals surface area contributed by atoms with Crippen LogP contribution in [0.3, 0.4) is 0 Å². The van der Waals surface area contributed by atoms with Crippen molar-refractivity contribution in [3.63, 3.8) is 0 Å². The molecule has 1 N–H and O–H groups in total. The summed E-state index contributed by atoms with van der Waals surface area (Å²) in [6.45, 7) is 3.34. The molecule has 0 amide bonds. The molecule has 110 valence electrons. The first-order valence-corrected chi connectivity index (χ1v) is 9.17. The highest BCUT2D eigenvalue weighted by Gasteiger charge is 2.34. The SMILES string of the molecule is c1sc(CNC2CC2)nc1CN1CCCC2CCCC21. The zero-order valence-corrected chi connectivity index (χ0v) is 13.0. The Morgan fingerprint density at radius 2 is 2.10 bits per heavy atom. The monoisotopic (exact) mass is 291 g/mol. The van der Waals surface area contributed by atoms with Gasteiger partial charge in [-0.3, -0.25) is 4.90 Å². The van der Waals surface area contributed by atoms with E-state index in [0.717, 1.165) is 31.1 Å². The summed E-state index contributed by atoms with van der Waals surface area (Å²) < 4.78 is 0. The van der Waals surface area contributed by atoms with Gasteiger partial charge in [0.05, 0.1) is 5.69 Å². The molecule has 2 saturated carbocycles. The fourth-order valence-corrected chi connectivity index (χ4v) is 4.72. The minimum Gasteiger partial charge on any atom is -0.308 e. The normalized spacial score (nSPS) is 30.6. The third kappa shape index (κ3) is 2.92. The van der Waals surface area contributed by atoms with Gasteiger partial charge in [0.25, 0.3) is 0 Å². The van der Waals surface area contributed by atoms with Crippen LogP contribution in [0.5, 0.6) is 0 Å². The van der Waals surface area contributed by atoms with E-state index in [2.05, 4.69) is 15.6 Å². The highest BCUT2D eigenvalue weighted by Crippen LogP contribution is 2.37. The van der Waals surface area contributed by atoms with E-state index in [4.69, 9.17) is 4.98 Å². The molecule has 2 atom stereocenters. The van der Waals surface area contributed by atoms with Gasteiger partial charge < -0.3 is 5.32 Å². The molecule has 1 aromatic rings. The van der Waals surface area contributed by atoms with Gasteiger partial charge in [-0.25, -0.2) is 4.98 Å². The summed E-state index contributed by atoms with van der Waals surface area (Å²) in [5.74, 6) is 0.985. The Morgan fingerprint density at radius 1 is 1.20 bits per heavy atom. The van der Waals surface area contributed by atoms with E-state index in [-0.39, 0.29) is 0 Å². The van der Waals surface area contributed by atoms with Crippen LogP contribution in [0.15, 0.2) is 5.38 Å². The van der Waals surface area contributed by atoms with E-state index in [1.807, 2.05) is 11.3 Å². The van der Waals surface area contributed by atoms with Crippen molar-refractivity contribution < 1.29 is 0 Å². The number of aromatic nitrogens is 1. The minimum atomic E-state index is 0.781. The smallest absolute Gasteiger partial charge is 0.107 e. The molecule has 0 spiro atoms. The summed E-state index contributed by atoms with van der Waals surface area (Å²) in [5, 5.41) is 7.11. The van der Waals surface area contributed by atoms with Crippen LogP contribution in [0.25, 0.3) is 0 Å². The molecule has 4 heteroatoms. The number of likely N-dealkylation sites (tertiary alicyclic amines) is 1. The predicted octanol–water partition coefficient (Wildman–Crippen LogP) is 3.16. The average molecular weight is 291 g/mol. The quantitative estimate of drug-likeness (QED) is 0.903. The van der Waals surface area contributed by atoms with Gasteiger partial charge in [0, 0.05) is 30.6 Å². The zero-order chi connectivity index (χ0) is 13.4. The highest BCUT2D eigenvalue weighted by atomic mass is 32.1. The molecular formula is C16H25N3S. The van der Waals surface area contributed by atoms with Gasteiger partial charge in [-0.2, -0.15) is 0 Å². The highest BCUT2D eigenvalue weighted by molar-refractivity contribution is 7.09. The summed E-state index contributed by atoms with van der Waals surface area (Å²) in [5.41, 5.74) is 1.30. The summed E-state index contributed by atoms with van der Waals surface area (Å²) in [6, 6.07) is 1.64. The lowest BCUT2D eigenvalue weighted by atomic mass is 9.92. The van der Waals surface area contributed by atoms with E-state index in [9.17, 15) is 0 Å². The molecule has 1 aliphatic heterocycles. The molecule has 0 aromatic carbocycles. The molecule has 0 radical (unpaired) electrons. The lowest BCUT2D eigenvalue weighted by Crippen LogP contribution is -2.41. The summed E-state index contributed by atoms with van der Waals surface area (Å²) in [6.07, 6.45) is 9.90. The molecule has 3 aliphatic rings. The maximum Gasteiger partial charge on any atom is 0.107 e. The van der Waals surface area contributed by atoms with Crippen LogP contribution in [0.2, 0.25) is 0 Å². The number of fused-ring (bicyclic) bond motifs is 1. The first-order valence-electron chi connectivity index (χ1n) is 8.29. The van der Waals surface area contributed by atoms with E-state index in [1.54, 1.807) is 0 Å². The van der Waals surface area contributed by atoms with Crippen molar-refractivity contribution in [2.75, 3.05) is 6.54 Å². The number of hydrogen-bond donors (Lipinski definition) is 1. The van der Waals surface area contributed by atoms with Crippen LogP contribution in [-0.4, -0.2) is 28.5 Å². The van der Waals surface area contributed by atoms with Gasteiger partial charge in [0.15, 0.2) is 0 Å². The summed E-state index contributed by atoms with van der Waals surface area (Å²) in [4.78, 5) is 7.55. The van der Waals surface area contributed by atoms with Crippen molar-refractivity contribution in [2.45, 2.75) is 70.1 Å². The predicted molar refractivity (Wildman–Crippen MR) is 82.7 cm³/mol. The molecule has 0 bridgehead atoms. The minimum absolute atomic E-state index is 0.781. The van der Waals surface area contributed by atoms with Crippen LogP contribution >= 0.6 is 11.3 Å². The molecule has 2 aliphatic carbocycles. The van der Waals surface area contributed by atoms with Gasteiger partial charge in [0.1, 0.15) is 5.01 Å². The Bertz CT molecular complexity index is 454. The van der Waals surface area contributed by atoms with Crippen LogP contribution < -0.4 is 5.32 Å². The summed E-state index contributed by atoms with van der Waals surface area (Å²) >= 11 is 1.83. The Balaban J connectivity index is 1.35. The second-order valence-electron chi connectivity index (χ2n) is 6.76. The van der Waals surface area contributed by atoms with Gasteiger partial charge >= 0.3 is 0 Å². The molecular weight excluding hydrogens is 266 g/mol. The van der Waals surface area contributed by atoms with E-state index >= 15 is 0 Å². The summed E-state index contributed by atoms with van der Waals surface area (Å²) in [7, 11) is 0. The third-order valence-electron chi connectivity index (χ3n) is 5.19. The third-order valence-corrected chi connectivity index (χ3v) is 6.09. The van der Waals surface area contributed by atoms with Crippen molar-refractivity contribution in [1.82, 2.24) is 15.2 Å². The number of nitrogens with one attached hydrogen (secondary N) is 1. The van der Waals surface area contributed by atoms with Crippen molar-refractivity contribution in [1.29, 1.82) is 0 Å². The second-order valence-corrected chi connectivity index (χ2v) is 7.70. The molecule has 1 saturated heterocycles. The van der Waals surface area contributed by atoms with E-state index in [1.165, 1.54) is 62.2 Å². The van der Waals surface area contributed by atoms with Gasteiger partial charge in [-0.05, 0) is 51.0 Å². The maximum absolute atomic E-state index is 4.83. The lowest BCUT2D eigenvalue weighted by Gasteiger charge is -2.37. The number of piperidine rings is 1. The first-order chi connectivity index (χ1) is 9.88. The molecule has 1 aromatic heterocycles. The molecule has 4 rings (SSSR count). The van der Waals surface area contributed by atoms with E-state index in [0.29, 0.717) is 0 Å². The van der Waals surface area contributed by atoms with Crippen molar-refractivity contribution in [3.8, 4) is 0 Å². The largest absolute Gasteiger partial charge is 0.308 e. The Labute approximate surface area is 125 Å². The first kappa shape index (κ1) is 13.2. The number of rotatable bonds is 5. The standard InChI is InChI=1S/C16H25N3S/c1-3-12-4-2-8-19(15(12)5-1)10-14-11-20-16(18-14)9-17-13-6-7-13/h11-13,15,17H,1-10H2. The van der Waals surface area contributed by atoms with Crippen LogP contribution in [-0.2, 0) is 13.1 Å². The Morgan fingerprint density at radius 3 is 3.00 bits per heavy atom. The second kappa shape index (κ2) is 5.74. The average Bonchev–Trinajstić information content (AvgIpc) is 2.98. The lowest BCUT2D eigenvalue weighted by molar-refractivity contribution is 0.104. The van der Waals surface area contributed by atoms with Gasteiger partial charge in [-0.15, -0.1) is 11.3 Å². The number of hydrogen-bond acceptors (Lipinski definition) is 4. The van der Waals surface area contributed by atoms with Crippen LogP contribution in [0, 0.1) is 5.92 Å². The topological polar surface area (TPSA) is 28.2 Å². The maximum atomic E-state index is 4.83. The van der Waals surface area contributed by atoms with Crippen molar-refractivity contribution in [2.24, 2.45) is 5.92 Å². The molecule has 3 nitrogen and oxygen atoms in total. The van der Waals surface area contributed by atoms with Gasteiger partial charge in [0.2, 0.25) is 0 Å². The van der Waals surface area contributed by atoms with Crippen LogP contribution in [0.4, 0.5) is 0 Å². The Kier molecular flexibility index (Phi) is 3.80. The molecule has 20 heavy (non-hydrogen) atoms. The van der Waals surface area contributed by atoms with Gasteiger partial charge in [-0.1, -0.05) is 6.42 Å². The fourth-order valence-electron chi connectivity index (χ4n) is 3.98. The Hall–Kier alpha value is -0.450. The molecule has 2 heterocycles. The zero-order valence-electron chi connectivity index (χ0n) is 12.2. The number of nitrogens with zero attached hydrogens (tertiary/aromatic N) is 2. The van der Waals surface area contributed by atoms with Crippen LogP contribution in [0.1, 0.15) is 55.6 Å². The number of thiazole rings is 1. The molecule has 2 unspecified atom stereocenters. The van der Waals surface area contributed by atoms with E-state index < -0.39 is 0 Å². The fraction of sp³-hybridized carbons (Fsp3) is 0.812. The molecule has 3 fully saturated rings.